The van der Waals surface area contributed by atoms with E-state index in [4.69, 9.17) is 0 Å². The van der Waals surface area contributed by atoms with Crippen molar-refractivity contribution in [2.24, 2.45) is 47.3 Å². The van der Waals surface area contributed by atoms with Crippen molar-refractivity contribution in [1.82, 2.24) is 0 Å². The molecule has 4 saturated carbocycles. The molecule has 0 radical (unpaired) electrons. The lowest BCUT2D eigenvalue weighted by Gasteiger charge is -2.53. The fraction of sp³-hybridized carbons (Fsp3) is 1.00. The first-order valence-electron chi connectivity index (χ1n) is 9.24. The molecule has 0 spiro atoms. The zero-order chi connectivity index (χ0) is 13.0. The van der Waals surface area contributed by atoms with Crippen molar-refractivity contribution in [3.63, 3.8) is 0 Å². The molecule has 0 aliphatic heterocycles. The van der Waals surface area contributed by atoms with Gasteiger partial charge in [0.05, 0.1) is 0 Å². The fourth-order valence-corrected chi connectivity index (χ4v) is 7.04. The van der Waals surface area contributed by atoms with Crippen LogP contribution < -0.4 is 0 Å². The summed E-state index contributed by atoms with van der Waals surface area (Å²) in [5.41, 5.74) is 0. The topological polar surface area (TPSA) is 0 Å². The maximum atomic E-state index is 2.54. The maximum absolute atomic E-state index is 2.54. The first-order valence-corrected chi connectivity index (χ1v) is 9.24. The number of fused-ring (bicyclic) bond motifs is 5. The van der Waals surface area contributed by atoms with Gasteiger partial charge in [0.2, 0.25) is 0 Å². The van der Waals surface area contributed by atoms with Crippen molar-refractivity contribution in [2.45, 2.75) is 71.6 Å². The lowest BCUT2D eigenvalue weighted by atomic mass is 9.53. The summed E-state index contributed by atoms with van der Waals surface area (Å²) in [6.45, 7) is 5.04. The molecule has 0 saturated heterocycles. The number of rotatable bonds is 0. The summed E-state index contributed by atoms with van der Waals surface area (Å²) in [6, 6.07) is 0. The van der Waals surface area contributed by atoms with Gasteiger partial charge in [-0.05, 0) is 92.3 Å². The van der Waals surface area contributed by atoms with Crippen LogP contribution in [0.2, 0.25) is 0 Å². The Balaban J connectivity index is 1.53. The van der Waals surface area contributed by atoms with Crippen LogP contribution in [-0.2, 0) is 0 Å². The minimum Gasteiger partial charge on any atom is -0.0625 e. The molecule has 8 unspecified atom stereocenters. The van der Waals surface area contributed by atoms with Gasteiger partial charge < -0.3 is 0 Å². The van der Waals surface area contributed by atoms with Crippen molar-refractivity contribution in [3.8, 4) is 0 Å². The van der Waals surface area contributed by atoms with Crippen LogP contribution in [0.1, 0.15) is 71.6 Å². The Bertz CT molecular complexity index is 333. The molecule has 0 bridgehead atoms. The Morgan fingerprint density at radius 1 is 0.526 bits per heavy atom. The van der Waals surface area contributed by atoms with Crippen LogP contribution in [0.25, 0.3) is 0 Å². The summed E-state index contributed by atoms with van der Waals surface area (Å²) in [7, 11) is 0. The Kier molecular flexibility index (Phi) is 3.20. The van der Waals surface area contributed by atoms with E-state index < -0.39 is 0 Å². The van der Waals surface area contributed by atoms with Crippen LogP contribution in [0.4, 0.5) is 0 Å². The molecule has 108 valence electrons. The Morgan fingerprint density at radius 3 is 2.00 bits per heavy atom. The SMILES string of the molecule is CC1CCC2C(CCC3C4CCC(C)C4CCC23)C1. The normalized spacial score (nSPS) is 57.2. The van der Waals surface area contributed by atoms with Gasteiger partial charge in [0.25, 0.3) is 0 Å². The van der Waals surface area contributed by atoms with Crippen LogP contribution in [0.5, 0.6) is 0 Å². The first-order chi connectivity index (χ1) is 9.24. The van der Waals surface area contributed by atoms with Crippen molar-refractivity contribution < 1.29 is 0 Å². The van der Waals surface area contributed by atoms with Gasteiger partial charge in [0.1, 0.15) is 0 Å². The Labute approximate surface area is 119 Å². The molecule has 0 aromatic heterocycles. The van der Waals surface area contributed by atoms with Gasteiger partial charge >= 0.3 is 0 Å². The third-order valence-corrected chi connectivity index (χ3v) is 7.89. The van der Waals surface area contributed by atoms with E-state index in [1.54, 1.807) is 51.4 Å². The Hall–Kier alpha value is 0. The molecule has 0 aromatic carbocycles. The molecule has 19 heavy (non-hydrogen) atoms. The zero-order valence-electron chi connectivity index (χ0n) is 13.0. The second kappa shape index (κ2) is 4.78. The van der Waals surface area contributed by atoms with E-state index in [1.807, 2.05) is 0 Å². The van der Waals surface area contributed by atoms with E-state index in [-0.39, 0.29) is 0 Å². The molecular formula is C19H32. The largest absolute Gasteiger partial charge is 0.0625 e. The summed E-state index contributed by atoms with van der Waals surface area (Å²) in [6.07, 6.45) is 14.2. The Morgan fingerprint density at radius 2 is 1.11 bits per heavy atom. The molecule has 4 fully saturated rings. The van der Waals surface area contributed by atoms with Crippen molar-refractivity contribution >= 4 is 0 Å². The molecule has 0 heterocycles. The zero-order valence-corrected chi connectivity index (χ0v) is 13.0. The van der Waals surface area contributed by atoms with Crippen molar-refractivity contribution in [1.29, 1.82) is 0 Å². The standard InChI is InChI=1S/C19H32/c1-12-3-6-16-14(11-12)5-8-19-17-7-4-13(2)15(17)9-10-18(16)19/h12-19H,3-11H2,1-2H3. The quantitative estimate of drug-likeness (QED) is 0.538. The highest BCUT2D eigenvalue weighted by Gasteiger charge is 2.50. The number of hydrogen-bond donors (Lipinski definition) is 0. The highest BCUT2D eigenvalue weighted by Crippen LogP contribution is 2.59. The first kappa shape index (κ1) is 12.7. The van der Waals surface area contributed by atoms with Gasteiger partial charge in [0.15, 0.2) is 0 Å². The van der Waals surface area contributed by atoms with Crippen LogP contribution in [0.3, 0.4) is 0 Å². The van der Waals surface area contributed by atoms with E-state index in [9.17, 15) is 0 Å². The lowest BCUT2D eigenvalue weighted by molar-refractivity contribution is -0.0315. The average molecular weight is 260 g/mol. The second-order valence-corrected chi connectivity index (χ2v) is 8.71. The minimum absolute atomic E-state index is 1.03. The van der Waals surface area contributed by atoms with E-state index in [0.29, 0.717) is 0 Å². The summed E-state index contributed by atoms with van der Waals surface area (Å²) in [5, 5.41) is 0. The van der Waals surface area contributed by atoms with E-state index in [1.165, 1.54) is 6.42 Å². The highest BCUT2D eigenvalue weighted by atomic mass is 14.6. The van der Waals surface area contributed by atoms with E-state index in [0.717, 1.165) is 47.3 Å². The van der Waals surface area contributed by atoms with Gasteiger partial charge in [-0.15, -0.1) is 0 Å². The van der Waals surface area contributed by atoms with Gasteiger partial charge in [-0.25, -0.2) is 0 Å². The predicted molar refractivity (Wildman–Crippen MR) is 80.8 cm³/mol. The smallest absolute Gasteiger partial charge is 0.0352 e. The highest BCUT2D eigenvalue weighted by molar-refractivity contribution is 5.00. The second-order valence-electron chi connectivity index (χ2n) is 8.71. The summed E-state index contributed by atoms with van der Waals surface area (Å²) in [4.78, 5) is 0. The molecule has 0 N–H and O–H groups in total. The van der Waals surface area contributed by atoms with Gasteiger partial charge in [-0.1, -0.05) is 26.7 Å². The molecule has 0 aromatic rings. The number of hydrogen-bond acceptors (Lipinski definition) is 0. The van der Waals surface area contributed by atoms with Gasteiger partial charge in [-0.3, -0.25) is 0 Å². The summed E-state index contributed by atoms with van der Waals surface area (Å²) in [5.74, 6) is 8.92. The van der Waals surface area contributed by atoms with Gasteiger partial charge in [-0.2, -0.15) is 0 Å². The van der Waals surface area contributed by atoms with Crippen LogP contribution in [0, 0.1) is 47.3 Å². The lowest BCUT2D eigenvalue weighted by Crippen LogP contribution is -2.44. The van der Waals surface area contributed by atoms with Crippen LogP contribution in [0.15, 0.2) is 0 Å². The van der Waals surface area contributed by atoms with Crippen LogP contribution in [-0.4, -0.2) is 0 Å². The maximum Gasteiger partial charge on any atom is -0.0352 e. The molecular weight excluding hydrogens is 228 g/mol. The molecule has 4 rings (SSSR count). The third-order valence-electron chi connectivity index (χ3n) is 7.89. The van der Waals surface area contributed by atoms with Crippen molar-refractivity contribution in [3.05, 3.63) is 0 Å². The molecule has 0 heteroatoms. The monoisotopic (exact) mass is 260 g/mol. The molecule has 4 aliphatic carbocycles. The fourth-order valence-electron chi connectivity index (χ4n) is 7.04. The molecule has 0 nitrogen and oxygen atoms in total. The van der Waals surface area contributed by atoms with E-state index in [2.05, 4.69) is 13.8 Å². The molecule has 8 atom stereocenters. The van der Waals surface area contributed by atoms with E-state index >= 15 is 0 Å². The molecule has 0 amide bonds. The third kappa shape index (κ3) is 2.00. The molecule has 4 aliphatic rings. The van der Waals surface area contributed by atoms with Gasteiger partial charge in [0, 0.05) is 0 Å². The average Bonchev–Trinajstić information content (AvgIpc) is 2.80. The minimum atomic E-state index is 1.03. The summed E-state index contributed by atoms with van der Waals surface area (Å²) < 4.78 is 0. The van der Waals surface area contributed by atoms with Crippen LogP contribution >= 0.6 is 0 Å². The summed E-state index contributed by atoms with van der Waals surface area (Å²) >= 11 is 0. The predicted octanol–water partition coefficient (Wildman–Crippen LogP) is 5.52. The van der Waals surface area contributed by atoms with Crippen molar-refractivity contribution in [2.75, 3.05) is 0 Å².